The Hall–Kier alpha value is -1.00. The fourth-order valence-electron chi connectivity index (χ4n) is 3.92. The van der Waals surface area contributed by atoms with Crippen molar-refractivity contribution in [3.05, 3.63) is 35.4 Å². The van der Waals surface area contributed by atoms with Gasteiger partial charge >= 0.3 is 0 Å². The molecule has 1 aromatic carbocycles. The minimum atomic E-state index is -0.458. The molecule has 0 bridgehead atoms. The molecule has 0 aromatic heterocycles. The Labute approximate surface area is 126 Å². The van der Waals surface area contributed by atoms with Crippen LogP contribution in [0.15, 0.2) is 18.2 Å². The maximum absolute atomic E-state index is 14.3. The molecule has 0 amide bonds. The standard InChI is InChI=1S/C17H26F2N2/c1-4-17(5-2,21-11-6-7-12-21)16(20-3)15-13(18)9-8-10-14(15)19/h8-10,16,20H,4-7,11-12H2,1-3H3. The maximum atomic E-state index is 14.3. The molecule has 4 heteroatoms. The number of likely N-dealkylation sites (N-methyl/N-ethyl adjacent to an activating group) is 1. The van der Waals surface area contributed by atoms with Crippen LogP contribution in [0.3, 0.4) is 0 Å². The Balaban J connectivity index is 2.49. The summed E-state index contributed by atoms with van der Waals surface area (Å²) in [5.74, 6) is -0.917. The normalized spacial score (nSPS) is 18.1. The Morgan fingerprint density at radius 2 is 1.67 bits per heavy atom. The first kappa shape index (κ1) is 16.4. The zero-order valence-electron chi connectivity index (χ0n) is 13.3. The number of hydrogen-bond acceptors (Lipinski definition) is 2. The third-order valence-corrected chi connectivity index (χ3v) is 5.07. The lowest BCUT2D eigenvalue weighted by Gasteiger charge is -2.47. The molecule has 1 saturated heterocycles. The van der Waals surface area contributed by atoms with Crippen LogP contribution >= 0.6 is 0 Å². The number of likely N-dealkylation sites (tertiary alicyclic amines) is 1. The van der Waals surface area contributed by atoms with Crippen molar-refractivity contribution in [3.63, 3.8) is 0 Å². The zero-order valence-corrected chi connectivity index (χ0v) is 13.3. The first-order valence-electron chi connectivity index (χ1n) is 7.97. The van der Waals surface area contributed by atoms with Gasteiger partial charge in [-0.2, -0.15) is 0 Å². The number of nitrogens with one attached hydrogen (secondary N) is 1. The van der Waals surface area contributed by atoms with Crippen molar-refractivity contribution < 1.29 is 8.78 Å². The minimum absolute atomic E-state index is 0.176. The molecule has 1 aliphatic rings. The van der Waals surface area contributed by atoms with E-state index >= 15 is 0 Å². The second-order valence-electron chi connectivity index (χ2n) is 5.86. The molecule has 118 valence electrons. The molecule has 1 atom stereocenters. The number of nitrogens with zero attached hydrogens (tertiary/aromatic N) is 1. The van der Waals surface area contributed by atoms with E-state index in [1.165, 1.54) is 18.2 Å². The van der Waals surface area contributed by atoms with Crippen molar-refractivity contribution in [1.82, 2.24) is 10.2 Å². The average Bonchev–Trinajstić information content (AvgIpc) is 3.01. The number of rotatable bonds is 6. The highest BCUT2D eigenvalue weighted by atomic mass is 19.1. The van der Waals surface area contributed by atoms with Gasteiger partial charge in [0.2, 0.25) is 0 Å². The van der Waals surface area contributed by atoms with Crippen molar-refractivity contribution in [2.24, 2.45) is 0 Å². The monoisotopic (exact) mass is 296 g/mol. The molecule has 1 unspecified atom stereocenters. The summed E-state index contributed by atoms with van der Waals surface area (Å²) in [5.41, 5.74) is -0.0653. The van der Waals surface area contributed by atoms with E-state index in [1.54, 1.807) is 7.05 Å². The summed E-state index contributed by atoms with van der Waals surface area (Å²) >= 11 is 0. The highest BCUT2D eigenvalue weighted by Gasteiger charge is 2.44. The van der Waals surface area contributed by atoms with Crippen LogP contribution in [-0.4, -0.2) is 30.6 Å². The maximum Gasteiger partial charge on any atom is 0.130 e. The van der Waals surface area contributed by atoms with Crippen molar-refractivity contribution in [1.29, 1.82) is 0 Å². The molecule has 1 fully saturated rings. The summed E-state index contributed by atoms with van der Waals surface area (Å²) in [6, 6.07) is 3.79. The van der Waals surface area contributed by atoms with Gasteiger partial charge in [0, 0.05) is 11.1 Å². The van der Waals surface area contributed by atoms with Crippen molar-refractivity contribution in [2.45, 2.75) is 51.1 Å². The van der Waals surface area contributed by atoms with Gasteiger partial charge in [-0.25, -0.2) is 8.78 Å². The zero-order chi connectivity index (χ0) is 15.5. The molecule has 1 aliphatic heterocycles. The van der Waals surface area contributed by atoms with Crippen molar-refractivity contribution in [3.8, 4) is 0 Å². The van der Waals surface area contributed by atoms with Crippen LogP contribution in [-0.2, 0) is 0 Å². The lowest BCUT2D eigenvalue weighted by atomic mass is 9.79. The van der Waals surface area contributed by atoms with E-state index < -0.39 is 11.6 Å². The molecule has 1 heterocycles. The Morgan fingerprint density at radius 3 is 2.10 bits per heavy atom. The van der Waals surface area contributed by atoms with Crippen LogP contribution in [0.2, 0.25) is 0 Å². The summed E-state index contributed by atoms with van der Waals surface area (Å²) in [4.78, 5) is 2.42. The predicted octanol–water partition coefficient (Wildman–Crippen LogP) is 3.88. The smallest absolute Gasteiger partial charge is 0.130 e. The van der Waals surface area contributed by atoms with E-state index in [0.717, 1.165) is 38.8 Å². The molecule has 1 aromatic rings. The lowest BCUT2D eigenvalue weighted by molar-refractivity contribution is 0.0618. The summed E-state index contributed by atoms with van der Waals surface area (Å²) in [5, 5.41) is 3.20. The van der Waals surface area contributed by atoms with Crippen LogP contribution in [0.4, 0.5) is 8.78 Å². The Bertz CT molecular complexity index is 446. The molecule has 1 N–H and O–H groups in total. The first-order chi connectivity index (χ1) is 10.1. The third-order valence-electron chi connectivity index (χ3n) is 5.07. The van der Waals surface area contributed by atoms with Gasteiger partial charge in [-0.3, -0.25) is 4.90 Å². The van der Waals surface area contributed by atoms with E-state index in [9.17, 15) is 8.78 Å². The number of halogens is 2. The summed E-state index contributed by atoms with van der Waals surface area (Å²) in [6.45, 7) is 6.25. The number of benzene rings is 1. The van der Waals surface area contributed by atoms with Crippen LogP contribution in [0.1, 0.15) is 51.1 Å². The summed E-state index contributed by atoms with van der Waals surface area (Å²) < 4.78 is 28.6. The molecular formula is C17H26F2N2. The Morgan fingerprint density at radius 1 is 1.14 bits per heavy atom. The highest BCUT2D eigenvalue weighted by molar-refractivity contribution is 5.27. The quantitative estimate of drug-likeness (QED) is 0.857. The molecule has 0 aliphatic carbocycles. The fraction of sp³-hybridized carbons (Fsp3) is 0.647. The van der Waals surface area contributed by atoms with Crippen molar-refractivity contribution >= 4 is 0 Å². The third kappa shape index (κ3) is 2.84. The van der Waals surface area contributed by atoms with Crippen LogP contribution in [0.5, 0.6) is 0 Å². The van der Waals surface area contributed by atoms with E-state index in [2.05, 4.69) is 24.1 Å². The summed E-state index contributed by atoms with van der Waals surface area (Å²) in [7, 11) is 1.80. The minimum Gasteiger partial charge on any atom is -0.311 e. The van der Waals surface area contributed by atoms with Crippen LogP contribution < -0.4 is 5.32 Å². The van der Waals surface area contributed by atoms with Gasteiger partial charge in [-0.05, 0) is 58.0 Å². The predicted molar refractivity (Wildman–Crippen MR) is 82.3 cm³/mol. The molecule has 2 nitrogen and oxygen atoms in total. The Kier molecular flexibility index (Phi) is 5.33. The van der Waals surface area contributed by atoms with Crippen LogP contribution in [0.25, 0.3) is 0 Å². The average molecular weight is 296 g/mol. The van der Waals surface area contributed by atoms with Crippen molar-refractivity contribution in [2.75, 3.05) is 20.1 Å². The SMILES string of the molecule is CCC(CC)(C(NC)c1c(F)cccc1F)N1CCCC1. The van der Waals surface area contributed by atoms with E-state index in [0.29, 0.717) is 0 Å². The van der Waals surface area contributed by atoms with Gasteiger partial charge in [0.05, 0.1) is 6.04 Å². The highest BCUT2D eigenvalue weighted by Crippen LogP contribution is 2.40. The second kappa shape index (κ2) is 6.84. The topological polar surface area (TPSA) is 15.3 Å². The van der Waals surface area contributed by atoms with Gasteiger partial charge in [0.1, 0.15) is 11.6 Å². The number of hydrogen-bond donors (Lipinski definition) is 1. The molecular weight excluding hydrogens is 270 g/mol. The fourth-order valence-corrected chi connectivity index (χ4v) is 3.92. The molecule has 0 spiro atoms. The van der Waals surface area contributed by atoms with Gasteiger partial charge in [-0.1, -0.05) is 19.9 Å². The van der Waals surface area contributed by atoms with Gasteiger partial charge in [0.15, 0.2) is 0 Å². The lowest BCUT2D eigenvalue weighted by Crippen LogP contribution is -2.55. The van der Waals surface area contributed by atoms with E-state index in [4.69, 9.17) is 0 Å². The molecule has 0 radical (unpaired) electrons. The van der Waals surface area contributed by atoms with E-state index in [-0.39, 0.29) is 17.1 Å². The molecule has 0 saturated carbocycles. The first-order valence-corrected chi connectivity index (χ1v) is 7.97. The van der Waals surface area contributed by atoms with Gasteiger partial charge in [-0.15, -0.1) is 0 Å². The molecule has 21 heavy (non-hydrogen) atoms. The molecule has 2 rings (SSSR count). The van der Waals surface area contributed by atoms with Gasteiger partial charge < -0.3 is 5.32 Å². The largest absolute Gasteiger partial charge is 0.311 e. The van der Waals surface area contributed by atoms with Crippen LogP contribution in [0, 0.1) is 11.6 Å². The van der Waals surface area contributed by atoms with Gasteiger partial charge in [0.25, 0.3) is 0 Å². The summed E-state index contributed by atoms with van der Waals surface area (Å²) in [6.07, 6.45) is 4.06. The van der Waals surface area contributed by atoms with E-state index in [1.807, 2.05) is 0 Å². The second-order valence-corrected chi connectivity index (χ2v) is 5.86.